The topological polar surface area (TPSA) is 142 Å². The van der Waals surface area contributed by atoms with Crippen molar-refractivity contribution < 1.29 is 11.0 Å². The van der Waals surface area contributed by atoms with Gasteiger partial charge < -0.3 is 32.2 Å². The monoisotopic (exact) mass is 418 g/mol. The summed E-state index contributed by atoms with van der Waals surface area (Å²) in [5.74, 6) is 2.07. The Bertz CT molecular complexity index is 701. The Morgan fingerprint density at radius 2 is 1.63 bits per heavy atom. The van der Waals surface area contributed by atoms with Crippen molar-refractivity contribution in [2.75, 3.05) is 40.9 Å². The molecule has 1 saturated heterocycles. The van der Waals surface area contributed by atoms with E-state index in [1.165, 1.54) is 24.8 Å². The number of anilines is 4. The van der Waals surface area contributed by atoms with Crippen molar-refractivity contribution in [3.8, 4) is 0 Å². The van der Waals surface area contributed by atoms with Crippen molar-refractivity contribution >= 4 is 48.1 Å². The Kier molecular flexibility index (Phi) is 10.2. The molecular formula is C17H28Cl2N6O2. The molecule has 8 N–H and O–H groups in total. The molecular weight excluding hydrogens is 391 g/mol. The Balaban J connectivity index is 0.00000169. The number of hydrogen-bond acceptors (Lipinski definition) is 6. The second-order valence-corrected chi connectivity index (χ2v) is 6.17. The van der Waals surface area contributed by atoms with Crippen LogP contribution in [-0.2, 0) is 0 Å². The average Bonchev–Trinajstić information content (AvgIpc) is 2.62. The number of nitrogens with two attached hydrogens (primary N) is 1. The van der Waals surface area contributed by atoms with E-state index in [0.717, 1.165) is 37.0 Å². The van der Waals surface area contributed by atoms with Crippen LogP contribution < -0.4 is 21.3 Å². The first-order valence-electron chi connectivity index (χ1n) is 8.29. The molecule has 3 heterocycles. The van der Waals surface area contributed by atoms with Crippen LogP contribution in [0.3, 0.4) is 0 Å². The van der Waals surface area contributed by atoms with E-state index >= 15 is 0 Å². The summed E-state index contributed by atoms with van der Waals surface area (Å²) < 4.78 is 0. The van der Waals surface area contributed by atoms with Gasteiger partial charge in [-0.2, -0.15) is 9.97 Å². The zero-order chi connectivity index (χ0) is 15.6. The molecule has 0 bridgehead atoms. The minimum Gasteiger partial charge on any atom is -0.412 e. The SMILES string of the molecule is Cl.Cl.Nc1nc2c(c(N3CCCCC3)n1)NC(c1ccccc1)CN2.O.O. The molecule has 152 valence electrons. The summed E-state index contributed by atoms with van der Waals surface area (Å²) >= 11 is 0. The van der Waals surface area contributed by atoms with Crippen molar-refractivity contribution in [1.29, 1.82) is 0 Å². The largest absolute Gasteiger partial charge is 0.412 e. The smallest absolute Gasteiger partial charge is 0.224 e. The maximum absolute atomic E-state index is 5.92. The standard InChI is InChI=1S/C17H22N6.2ClH.2H2O/c18-17-21-15-14(16(22-17)23-9-5-2-6-10-23)20-13(11-19-15)12-7-3-1-4-8-12;;;;/h1,3-4,7-8,13,20H,2,5-6,9-11H2,(H3,18,19,21,22);2*1H;2*1H2. The molecule has 0 radical (unpaired) electrons. The molecule has 0 amide bonds. The molecule has 4 rings (SSSR count). The zero-order valence-electron chi connectivity index (χ0n) is 14.9. The summed E-state index contributed by atoms with van der Waals surface area (Å²) in [5.41, 5.74) is 8.15. The van der Waals surface area contributed by atoms with E-state index in [0.29, 0.717) is 5.95 Å². The minimum absolute atomic E-state index is 0. The minimum atomic E-state index is 0. The van der Waals surface area contributed by atoms with E-state index in [4.69, 9.17) is 5.73 Å². The lowest BCUT2D eigenvalue weighted by molar-refractivity contribution is 0.573. The van der Waals surface area contributed by atoms with Gasteiger partial charge in [-0.1, -0.05) is 30.3 Å². The van der Waals surface area contributed by atoms with Gasteiger partial charge in [0.05, 0.1) is 6.04 Å². The van der Waals surface area contributed by atoms with Crippen molar-refractivity contribution in [3.05, 3.63) is 35.9 Å². The van der Waals surface area contributed by atoms with Gasteiger partial charge in [-0.05, 0) is 24.8 Å². The Morgan fingerprint density at radius 1 is 0.963 bits per heavy atom. The van der Waals surface area contributed by atoms with Gasteiger partial charge in [0, 0.05) is 19.6 Å². The van der Waals surface area contributed by atoms with Gasteiger partial charge in [0.1, 0.15) is 5.69 Å². The molecule has 1 aromatic carbocycles. The first kappa shape index (κ1) is 25.0. The third-order valence-electron chi connectivity index (χ3n) is 4.56. The number of halogens is 2. The van der Waals surface area contributed by atoms with Crippen LogP contribution in [0.5, 0.6) is 0 Å². The fourth-order valence-corrected chi connectivity index (χ4v) is 3.37. The van der Waals surface area contributed by atoms with Crippen molar-refractivity contribution in [2.24, 2.45) is 0 Å². The predicted molar refractivity (Wildman–Crippen MR) is 116 cm³/mol. The molecule has 0 saturated carbocycles. The maximum Gasteiger partial charge on any atom is 0.224 e. The van der Waals surface area contributed by atoms with Gasteiger partial charge >= 0.3 is 0 Å². The molecule has 1 fully saturated rings. The molecule has 1 unspecified atom stereocenters. The van der Waals surface area contributed by atoms with Gasteiger partial charge in [0.2, 0.25) is 5.95 Å². The van der Waals surface area contributed by atoms with E-state index in [-0.39, 0.29) is 41.8 Å². The average molecular weight is 419 g/mol. The summed E-state index contributed by atoms with van der Waals surface area (Å²) in [4.78, 5) is 11.2. The van der Waals surface area contributed by atoms with Crippen LogP contribution in [0.4, 0.5) is 23.3 Å². The Labute approximate surface area is 171 Å². The molecule has 10 heteroatoms. The number of piperidine rings is 1. The number of aromatic nitrogens is 2. The van der Waals surface area contributed by atoms with Crippen LogP contribution in [0.25, 0.3) is 0 Å². The quantitative estimate of drug-likeness (QED) is 0.678. The highest BCUT2D eigenvalue weighted by atomic mass is 35.5. The second-order valence-electron chi connectivity index (χ2n) is 6.17. The Hall–Kier alpha value is -2.00. The highest BCUT2D eigenvalue weighted by molar-refractivity contribution is 5.85. The van der Waals surface area contributed by atoms with Gasteiger partial charge in [0.15, 0.2) is 11.6 Å². The van der Waals surface area contributed by atoms with Crippen LogP contribution in [-0.4, -0.2) is 40.6 Å². The summed E-state index contributed by atoms with van der Waals surface area (Å²) in [6.07, 6.45) is 3.69. The van der Waals surface area contributed by atoms with Gasteiger partial charge in [-0.3, -0.25) is 0 Å². The number of fused-ring (bicyclic) bond motifs is 1. The highest BCUT2D eigenvalue weighted by Crippen LogP contribution is 2.38. The number of nitrogens with zero attached hydrogens (tertiary/aromatic N) is 3. The van der Waals surface area contributed by atoms with Crippen LogP contribution in [0.1, 0.15) is 30.9 Å². The van der Waals surface area contributed by atoms with Gasteiger partial charge in [-0.15, -0.1) is 24.8 Å². The molecule has 1 aromatic heterocycles. The van der Waals surface area contributed by atoms with Crippen LogP contribution >= 0.6 is 24.8 Å². The number of nitrogen functional groups attached to an aromatic ring is 1. The van der Waals surface area contributed by atoms with Crippen molar-refractivity contribution in [1.82, 2.24) is 9.97 Å². The van der Waals surface area contributed by atoms with E-state index < -0.39 is 0 Å². The summed E-state index contributed by atoms with van der Waals surface area (Å²) in [6.45, 7) is 2.84. The van der Waals surface area contributed by atoms with Crippen molar-refractivity contribution in [3.63, 3.8) is 0 Å². The highest BCUT2D eigenvalue weighted by Gasteiger charge is 2.26. The molecule has 1 atom stereocenters. The third-order valence-corrected chi connectivity index (χ3v) is 4.56. The molecule has 2 aliphatic heterocycles. The zero-order valence-corrected chi connectivity index (χ0v) is 16.6. The molecule has 2 aliphatic rings. The first-order valence-corrected chi connectivity index (χ1v) is 8.29. The lowest BCUT2D eigenvalue weighted by atomic mass is 10.0. The second kappa shape index (κ2) is 11.0. The van der Waals surface area contributed by atoms with E-state index in [9.17, 15) is 0 Å². The fourth-order valence-electron chi connectivity index (χ4n) is 3.37. The van der Waals surface area contributed by atoms with Crippen LogP contribution in [0.2, 0.25) is 0 Å². The van der Waals surface area contributed by atoms with Gasteiger partial charge in [-0.25, -0.2) is 0 Å². The molecule has 27 heavy (non-hydrogen) atoms. The van der Waals surface area contributed by atoms with E-state index in [1.807, 2.05) is 6.07 Å². The number of nitrogens with one attached hydrogen (secondary N) is 2. The number of rotatable bonds is 2. The maximum atomic E-state index is 5.92. The molecule has 2 aromatic rings. The molecule has 0 aliphatic carbocycles. The normalized spacial score (nSPS) is 17.3. The summed E-state index contributed by atoms with van der Waals surface area (Å²) in [6, 6.07) is 10.7. The summed E-state index contributed by atoms with van der Waals surface area (Å²) in [5, 5.41) is 7.03. The predicted octanol–water partition coefficient (Wildman–Crippen LogP) is 1.82. The van der Waals surface area contributed by atoms with Crippen molar-refractivity contribution in [2.45, 2.75) is 25.3 Å². The lowest BCUT2D eigenvalue weighted by Gasteiger charge is -2.34. The van der Waals surface area contributed by atoms with E-state index in [2.05, 4.69) is 49.8 Å². The summed E-state index contributed by atoms with van der Waals surface area (Å²) in [7, 11) is 0. The van der Waals surface area contributed by atoms with E-state index in [1.54, 1.807) is 0 Å². The van der Waals surface area contributed by atoms with Crippen LogP contribution in [0, 0.1) is 0 Å². The van der Waals surface area contributed by atoms with Crippen LogP contribution in [0.15, 0.2) is 30.3 Å². The fraction of sp³-hybridized carbons (Fsp3) is 0.412. The number of hydrogen-bond donors (Lipinski definition) is 3. The Morgan fingerprint density at radius 3 is 2.30 bits per heavy atom. The first-order chi connectivity index (χ1) is 11.3. The van der Waals surface area contributed by atoms with Gasteiger partial charge in [0.25, 0.3) is 0 Å². The number of benzene rings is 1. The third kappa shape index (κ3) is 5.26. The lowest BCUT2D eigenvalue weighted by Crippen LogP contribution is -2.34. The molecule has 0 spiro atoms. The molecule has 8 nitrogen and oxygen atoms in total.